The lowest BCUT2D eigenvalue weighted by atomic mass is 9.94. The number of allylic oxidation sites excluding steroid dienone is 1. The Morgan fingerprint density at radius 1 is 0.929 bits per heavy atom. The second-order valence-electron chi connectivity index (χ2n) is 9.46. The summed E-state index contributed by atoms with van der Waals surface area (Å²) >= 11 is 1.54. The minimum Gasteiger partial charge on any atom is -0.492 e. The first-order valence-corrected chi connectivity index (χ1v) is 15.0. The van der Waals surface area contributed by atoms with E-state index in [4.69, 9.17) is 19.3 Å². The van der Waals surface area contributed by atoms with E-state index in [1.165, 1.54) is 0 Å². The number of anilines is 2. The van der Waals surface area contributed by atoms with Gasteiger partial charge in [-0.25, -0.2) is 4.68 Å². The summed E-state index contributed by atoms with van der Waals surface area (Å²) in [5.74, 6) is 2.94. The average molecular weight is 586 g/mol. The van der Waals surface area contributed by atoms with Crippen LogP contribution in [0.3, 0.4) is 0 Å². The minimum absolute atomic E-state index is 0.273. The van der Waals surface area contributed by atoms with Crippen LogP contribution in [0.15, 0.2) is 89.2 Å². The molecule has 0 saturated carbocycles. The molecule has 1 aliphatic heterocycles. The molecule has 1 aliphatic rings. The Morgan fingerprint density at radius 2 is 1.67 bits per heavy atom. The van der Waals surface area contributed by atoms with Crippen LogP contribution in [0, 0.1) is 0 Å². The predicted octanol–water partition coefficient (Wildman–Crippen LogP) is 6.69. The van der Waals surface area contributed by atoms with Crippen LogP contribution in [0.25, 0.3) is 0 Å². The lowest BCUT2D eigenvalue weighted by Crippen LogP contribution is -2.31. The van der Waals surface area contributed by atoms with Crippen molar-refractivity contribution < 1.29 is 19.0 Å². The van der Waals surface area contributed by atoms with Crippen molar-refractivity contribution in [3.8, 4) is 17.2 Å². The Labute approximate surface area is 250 Å². The van der Waals surface area contributed by atoms with Crippen LogP contribution >= 0.6 is 11.8 Å². The number of carbonyl (C=O) groups is 1. The van der Waals surface area contributed by atoms with Gasteiger partial charge in [0.1, 0.15) is 18.4 Å². The third-order valence-electron chi connectivity index (χ3n) is 6.61. The summed E-state index contributed by atoms with van der Waals surface area (Å²) in [4.78, 5) is 18.7. The molecule has 0 radical (unpaired) electrons. The maximum Gasteiger partial charge on any atom is 0.255 e. The number of hydrogen-bond donors (Lipinski definition) is 2. The summed E-state index contributed by atoms with van der Waals surface area (Å²) < 4.78 is 19.7. The van der Waals surface area contributed by atoms with Gasteiger partial charge in [-0.3, -0.25) is 4.79 Å². The molecule has 1 atom stereocenters. The number of rotatable bonds is 12. The molecule has 3 aromatic carbocycles. The first kappa shape index (κ1) is 29.1. The van der Waals surface area contributed by atoms with Crippen molar-refractivity contribution in [1.29, 1.82) is 0 Å². The van der Waals surface area contributed by atoms with E-state index in [0.717, 1.165) is 16.9 Å². The van der Waals surface area contributed by atoms with Crippen LogP contribution in [0.2, 0.25) is 0 Å². The van der Waals surface area contributed by atoms with Crippen LogP contribution in [0.5, 0.6) is 17.2 Å². The number of nitrogens with one attached hydrogen (secondary N) is 2. The number of ether oxygens (including phenoxy) is 3. The monoisotopic (exact) mass is 585 g/mol. The van der Waals surface area contributed by atoms with E-state index in [1.54, 1.807) is 16.4 Å². The zero-order valence-electron chi connectivity index (χ0n) is 24.2. The lowest BCUT2D eigenvalue weighted by Gasteiger charge is -2.29. The molecule has 0 aliphatic carbocycles. The largest absolute Gasteiger partial charge is 0.492 e. The highest BCUT2D eigenvalue weighted by Crippen LogP contribution is 2.40. The third-order valence-corrected chi connectivity index (χ3v) is 7.33. The van der Waals surface area contributed by atoms with E-state index in [0.29, 0.717) is 65.1 Å². The molecule has 2 heterocycles. The van der Waals surface area contributed by atoms with Crippen molar-refractivity contribution in [2.75, 3.05) is 29.6 Å². The number of benzene rings is 3. The summed E-state index contributed by atoms with van der Waals surface area (Å²) in [7, 11) is 0. The number of thioether (sulfide) groups is 1. The second-order valence-corrected chi connectivity index (χ2v) is 10.7. The first-order valence-electron chi connectivity index (χ1n) is 14.1. The van der Waals surface area contributed by atoms with E-state index in [2.05, 4.69) is 22.5 Å². The van der Waals surface area contributed by atoms with Gasteiger partial charge in [-0.15, -0.1) is 5.10 Å². The fourth-order valence-corrected chi connectivity index (χ4v) is 5.34. The van der Waals surface area contributed by atoms with E-state index < -0.39 is 6.04 Å². The predicted molar refractivity (Wildman–Crippen MR) is 166 cm³/mol. The van der Waals surface area contributed by atoms with Crippen LogP contribution in [0.4, 0.5) is 11.6 Å². The quantitative estimate of drug-likeness (QED) is 0.177. The van der Waals surface area contributed by atoms with Gasteiger partial charge < -0.3 is 24.8 Å². The molecular weight excluding hydrogens is 550 g/mol. The Kier molecular flexibility index (Phi) is 9.33. The number of fused-ring (bicyclic) bond motifs is 1. The van der Waals surface area contributed by atoms with Crippen molar-refractivity contribution in [3.05, 3.63) is 95.2 Å². The van der Waals surface area contributed by atoms with Crippen molar-refractivity contribution in [1.82, 2.24) is 14.8 Å². The van der Waals surface area contributed by atoms with Gasteiger partial charge in [0.15, 0.2) is 11.5 Å². The fraction of sp³-hybridized carbons (Fsp3) is 0.281. The number of amides is 1. The molecular formula is C32H35N5O4S. The van der Waals surface area contributed by atoms with Crippen molar-refractivity contribution in [2.45, 2.75) is 45.5 Å². The SMILES string of the molecule is CCOc1ccccc1NC(=O)C1=C(C)Nc2nc(SCC)nn2C1c1ccc(OCc2ccccc2)c(OCC)c1. The number of nitrogens with zero attached hydrogens (tertiary/aromatic N) is 3. The molecule has 4 aromatic rings. The van der Waals surface area contributed by atoms with E-state index >= 15 is 0 Å². The molecule has 0 fully saturated rings. The molecule has 10 heteroatoms. The highest BCUT2D eigenvalue weighted by Gasteiger charge is 2.35. The molecule has 9 nitrogen and oxygen atoms in total. The van der Waals surface area contributed by atoms with E-state index in [-0.39, 0.29) is 5.91 Å². The zero-order valence-corrected chi connectivity index (χ0v) is 25.0. The molecule has 42 heavy (non-hydrogen) atoms. The fourth-order valence-electron chi connectivity index (χ4n) is 4.78. The van der Waals surface area contributed by atoms with Crippen molar-refractivity contribution >= 4 is 29.3 Å². The molecule has 5 rings (SSSR count). The number of carbonyl (C=O) groups excluding carboxylic acids is 1. The summed E-state index contributed by atoms with van der Waals surface area (Å²) in [6.45, 7) is 9.12. The normalized spacial score (nSPS) is 14.1. The zero-order chi connectivity index (χ0) is 29.5. The van der Waals surface area contributed by atoms with Crippen LogP contribution in [0.1, 0.15) is 44.9 Å². The maximum atomic E-state index is 14.0. The van der Waals surface area contributed by atoms with Gasteiger partial charge in [0.2, 0.25) is 11.1 Å². The molecule has 1 unspecified atom stereocenters. The Balaban J connectivity index is 1.54. The van der Waals surface area contributed by atoms with Gasteiger partial charge >= 0.3 is 0 Å². The minimum atomic E-state index is -0.568. The Bertz CT molecular complexity index is 1570. The standard InChI is InChI=1S/C32H35N5O4S/c1-5-39-25-16-12-11-15-24(25)34-30(38)28-21(4)33-31-35-32(42-7-3)36-37(31)29(28)23-17-18-26(27(19-23)40-6-2)41-20-22-13-9-8-10-14-22/h8-19,29H,5-7,20H2,1-4H3,(H,34,38)(H,33,35,36). The van der Waals surface area contributed by atoms with Crippen molar-refractivity contribution in [2.24, 2.45) is 0 Å². The summed E-state index contributed by atoms with van der Waals surface area (Å²) in [6, 6.07) is 22.6. The number of hydrogen-bond acceptors (Lipinski definition) is 8. The second kappa shape index (κ2) is 13.5. The Hall–Kier alpha value is -4.44. The van der Waals surface area contributed by atoms with Gasteiger partial charge in [-0.1, -0.05) is 67.2 Å². The van der Waals surface area contributed by atoms with Crippen LogP contribution < -0.4 is 24.8 Å². The summed E-state index contributed by atoms with van der Waals surface area (Å²) in [6.07, 6.45) is 0. The van der Waals surface area contributed by atoms with Gasteiger partial charge in [-0.05, 0) is 61.9 Å². The molecule has 1 aromatic heterocycles. The van der Waals surface area contributed by atoms with Crippen LogP contribution in [-0.2, 0) is 11.4 Å². The average Bonchev–Trinajstić information content (AvgIpc) is 3.39. The summed E-state index contributed by atoms with van der Waals surface area (Å²) in [5, 5.41) is 11.8. The molecule has 2 N–H and O–H groups in total. The number of para-hydroxylation sites is 2. The molecule has 0 bridgehead atoms. The highest BCUT2D eigenvalue weighted by atomic mass is 32.2. The smallest absolute Gasteiger partial charge is 0.255 e. The molecule has 0 spiro atoms. The number of aromatic nitrogens is 3. The maximum absolute atomic E-state index is 14.0. The van der Waals surface area contributed by atoms with Gasteiger partial charge in [0.25, 0.3) is 5.91 Å². The van der Waals surface area contributed by atoms with E-state index in [1.807, 2.05) is 93.6 Å². The van der Waals surface area contributed by atoms with Gasteiger partial charge in [0, 0.05) is 5.70 Å². The van der Waals surface area contributed by atoms with Gasteiger partial charge in [-0.2, -0.15) is 4.98 Å². The molecule has 218 valence electrons. The van der Waals surface area contributed by atoms with Crippen LogP contribution in [-0.4, -0.2) is 39.6 Å². The highest BCUT2D eigenvalue weighted by molar-refractivity contribution is 7.99. The first-order chi connectivity index (χ1) is 20.5. The van der Waals surface area contributed by atoms with Gasteiger partial charge in [0.05, 0.1) is 24.5 Å². The lowest BCUT2D eigenvalue weighted by molar-refractivity contribution is -0.113. The van der Waals surface area contributed by atoms with E-state index in [9.17, 15) is 4.79 Å². The van der Waals surface area contributed by atoms with Crippen molar-refractivity contribution in [3.63, 3.8) is 0 Å². The summed E-state index contributed by atoms with van der Waals surface area (Å²) in [5.41, 5.74) is 3.65. The molecule has 1 amide bonds. The Morgan fingerprint density at radius 3 is 2.43 bits per heavy atom. The third kappa shape index (κ3) is 6.38. The molecule has 0 saturated heterocycles. The topological polar surface area (TPSA) is 99.5 Å².